The molecule has 0 spiro atoms. The van der Waals surface area contributed by atoms with Crippen molar-refractivity contribution in [3.8, 4) is 0 Å². The van der Waals surface area contributed by atoms with Crippen molar-refractivity contribution in [3.63, 3.8) is 0 Å². The van der Waals surface area contributed by atoms with Crippen LogP contribution in [0.5, 0.6) is 0 Å². The van der Waals surface area contributed by atoms with Gasteiger partial charge < -0.3 is 5.11 Å². The average molecular weight is 327 g/mol. The van der Waals surface area contributed by atoms with Crippen molar-refractivity contribution in [2.24, 2.45) is 5.41 Å². The van der Waals surface area contributed by atoms with Crippen molar-refractivity contribution in [3.05, 3.63) is 33.6 Å². The van der Waals surface area contributed by atoms with Gasteiger partial charge in [0.2, 0.25) is 0 Å². The second-order valence-corrected chi connectivity index (χ2v) is 6.80. The Hall–Kier alpha value is -0.870. The number of hydrogen-bond donors (Lipinski definition) is 1. The molecule has 4 heteroatoms. The van der Waals surface area contributed by atoms with Crippen LogP contribution in [0.3, 0.4) is 0 Å². The first kappa shape index (κ1) is 13.6. The van der Waals surface area contributed by atoms with E-state index in [-0.39, 0.29) is 0 Å². The van der Waals surface area contributed by atoms with E-state index in [9.17, 15) is 4.79 Å². The quantitative estimate of drug-likeness (QED) is 0.883. The Morgan fingerprint density at radius 3 is 2.83 bits per heavy atom. The second-order valence-electron chi connectivity index (χ2n) is 5.07. The predicted octanol–water partition coefficient (Wildman–Crippen LogP) is 4.71. The number of aryl methyl sites for hydroxylation is 1. The molecule has 2 nitrogen and oxygen atoms in total. The Morgan fingerprint density at radius 1 is 1.44 bits per heavy atom. The molecule has 0 bridgehead atoms. The molecule has 2 aromatic rings. The molecule has 0 aliphatic carbocycles. The van der Waals surface area contributed by atoms with Crippen LogP contribution in [0.15, 0.2) is 28.1 Å². The minimum absolute atomic E-state index is 0.653. The smallest absolute Gasteiger partial charge is 0.309 e. The lowest BCUT2D eigenvalue weighted by Gasteiger charge is -2.18. The maximum Gasteiger partial charge on any atom is 0.309 e. The van der Waals surface area contributed by atoms with Crippen molar-refractivity contribution in [2.45, 2.75) is 26.7 Å². The Bertz CT molecular complexity index is 586. The molecule has 0 amide bonds. The van der Waals surface area contributed by atoms with Crippen LogP contribution in [-0.4, -0.2) is 11.1 Å². The van der Waals surface area contributed by atoms with E-state index in [4.69, 9.17) is 5.11 Å². The first-order valence-electron chi connectivity index (χ1n) is 5.80. The first-order valence-corrected chi connectivity index (χ1v) is 7.47. The molecular weight excluding hydrogens is 312 g/mol. The highest BCUT2D eigenvalue weighted by molar-refractivity contribution is 9.10. The fourth-order valence-corrected chi connectivity index (χ4v) is 3.48. The summed E-state index contributed by atoms with van der Waals surface area (Å²) < 4.78 is 2.34. The van der Waals surface area contributed by atoms with Gasteiger partial charge in [-0.25, -0.2) is 0 Å². The lowest BCUT2D eigenvalue weighted by atomic mass is 9.86. The molecule has 2 rings (SSSR count). The number of carboxylic acid groups (broad SMARTS) is 1. The number of fused-ring (bicyclic) bond motifs is 1. The molecule has 1 aromatic carbocycles. The highest BCUT2D eigenvalue weighted by Crippen LogP contribution is 2.34. The summed E-state index contributed by atoms with van der Waals surface area (Å²) in [4.78, 5) is 11.1. The molecule has 0 fully saturated rings. The van der Waals surface area contributed by atoms with Gasteiger partial charge in [-0.15, -0.1) is 11.3 Å². The van der Waals surface area contributed by atoms with Crippen LogP contribution >= 0.6 is 27.3 Å². The molecule has 0 radical (unpaired) electrons. The van der Waals surface area contributed by atoms with Crippen molar-refractivity contribution in [2.75, 3.05) is 0 Å². The van der Waals surface area contributed by atoms with E-state index < -0.39 is 11.4 Å². The number of aliphatic carboxylic acids is 1. The van der Waals surface area contributed by atoms with Gasteiger partial charge in [0.1, 0.15) is 0 Å². The molecule has 1 N–H and O–H groups in total. The van der Waals surface area contributed by atoms with E-state index in [0.717, 1.165) is 10.9 Å². The Labute approximate surface area is 119 Å². The summed E-state index contributed by atoms with van der Waals surface area (Å²) in [6.07, 6.45) is 1.45. The summed E-state index contributed by atoms with van der Waals surface area (Å²) in [5.74, 6) is -0.733. The van der Waals surface area contributed by atoms with Gasteiger partial charge in [0, 0.05) is 9.17 Å². The normalized spacial score (nSPS) is 11.9. The summed E-state index contributed by atoms with van der Waals surface area (Å²) in [6, 6.07) is 6.15. The largest absolute Gasteiger partial charge is 0.481 e. The van der Waals surface area contributed by atoms with Gasteiger partial charge in [-0.1, -0.05) is 12.1 Å². The van der Waals surface area contributed by atoms with Crippen molar-refractivity contribution in [1.29, 1.82) is 0 Å². The third-order valence-electron chi connectivity index (χ3n) is 3.23. The molecule has 0 saturated heterocycles. The zero-order valence-corrected chi connectivity index (χ0v) is 12.8. The lowest BCUT2D eigenvalue weighted by Crippen LogP contribution is -2.24. The van der Waals surface area contributed by atoms with E-state index in [1.54, 1.807) is 25.2 Å². The molecule has 0 saturated carbocycles. The predicted molar refractivity (Wildman–Crippen MR) is 79.3 cm³/mol. The number of hydrogen-bond acceptors (Lipinski definition) is 2. The maximum absolute atomic E-state index is 11.1. The standard InChI is InChI=1S/C14H15BrO2S/c1-14(2,13(16)17)7-6-9-8-18-12-10(9)4-3-5-11(12)15/h3-5,8H,6-7H2,1-2H3,(H,16,17). The van der Waals surface area contributed by atoms with Gasteiger partial charge in [-0.2, -0.15) is 0 Å². The fraction of sp³-hybridized carbons (Fsp3) is 0.357. The van der Waals surface area contributed by atoms with Crippen molar-refractivity contribution < 1.29 is 9.90 Å². The van der Waals surface area contributed by atoms with Gasteiger partial charge >= 0.3 is 5.97 Å². The van der Waals surface area contributed by atoms with Crippen LogP contribution in [0.2, 0.25) is 0 Å². The van der Waals surface area contributed by atoms with Crippen molar-refractivity contribution in [1.82, 2.24) is 0 Å². The number of benzene rings is 1. The highest BCUT2D eigenvalue weighted by atomic mass is 79.9. The number of carbonyl (C=O) groups is 1. The number of rotatable bonds is 4. The van der Waals surface area contributed by atoms with Crippen LogP contribution in [0.1, 0.15) is 25.8 Å². The summed E-state index contributed by atoms with van der Waals surface area (Å²) >= 11 is 5.25. The zero-order valence-electron chi connectivity index (χ0n) is 10.4. The molecule has 1 aromatic heterocycles. The molecular formula is C14H15BrO2S. The van der Waals surface area contributed by atoms with Gasteiger partial charge in [0.25, 0.3) is 0 Å². The van der Waals surface area contributed by atoms with Crippen LogP contribution < -0.4 is 0 Å². The fourth-order valence-electron chi connectivity index (χ4n) is 1.82. The summed E-state index contributed by atoms with van der Waals surface area (Å²) in [7, 11) is 0. The van der Waals surface area contributed by atoms with E-state index in [0.29, 0.717) is 6.42 Å². The third-order valence-corrected chi connectivity index (χ3v) is 5.23. The summed E-state index contributed by atoms with van der Waals surface area (Å²) in [5.41, 5.74) is 0.575. The molecule has 0 aliphatic rings. The van der Waals surface area contributed by atoms with E-state index in [1.807, 2.05) is 12.1 Å². The minimum atomic E-state index is -0.733. The average Bonchev–Trinajstić information content (AvgIpc) is 2.71. The van der Waals surface area contributed by atoms with Crippen LogP contribution in [0, 0.1) is 5.41 Å². The zero-order chi connectivity index (χ0) is 13.3. The van der Waals surface area contributed by atoms with Crippen LogP contribution in [0.4, 0.5) is 0 Å². The molecule has 18 heavy (non-hydrogen) atoms. The lowest BCUT2D eigenvalue weighted by molar-refractivity contribution is -0.147. The number of carboxylic acids is 1. The molecule has 96 valence electrons. The summed E-state index contributed by atoms with van der Waals surface area (Å²) in [5, 5.41) is 12.5. The Balaban J connectivity index is 2.23. The van der Waals surface area contributed by atoms with Gasteiger partial charge in [-0.3, -0.25) is 4.79 Å². The Kier molecular flexibility index (Phi) is 3.78. The number of thiophene rings is 1. The summed E-state index contributed by atoms with van der Waals surface area (Å²) in [6.45, 7) is 3.56. The number of halogens is 1. The molecule has 0 atom stereocenters. The monoisotopic (exact) mass is 326 g/mol. The molecule has 1 heterocycles. The van der Waals surface area contributed by atoms with E-state index in [1.165, 1.54) is 15.6 Å². The van der Waals surface area contributed by atoms with Crippen LogP contribution in [-0.2, 0) is 11.2 Å². The minimum Gasteiger partial charge on any atom is -0.481 e. The van der Waals surface area contributed by atoms with Gasteiger partial charge in [0.15, 0.2) is 0 Å². The van der Waals surface area contributed by atoms with Gasteiger partial charge in [0.05, 0.1) is 5.41 Å². The van der Waals surface area contributed by atoms with E-state index in [2.05, 4.69) is 27.4 Å². The first-order chi connectivity index (χ1) is 8.42. The van der Waals surface area contributed by atoms with Gasteiger partial charge in [-0.05, 0) is 65.0 Å². The van der Waals surface area contributed by atoms with Crippen molar-refractivity contribution >= 4 is 43.3 Å². The SMILES string of the molecule is CC(C)(CCc1csc2c(Br)cccc12)C(=O)O. The third kappa shape index (κ3) is 2.59. The second kappa shape index (κ2) is 5.02. The maximum atomic E-state index is 11.1. The Morgan fingerprint density at radius 2 is 2.17 bits per heavy atom. The molecule has 0 aliphatic heterocycles. The van der Waals surface area contributed by atoms with E-state index >= 15 is 0 Å². The molecule has 0 unspecified atom stereocenters. The topological polar surface area (TPSA) is 37.3 Å². The van der Waals surface area contributed by atoms with Crippen LogP contribution in [0.25, 0.3) is 10.1 Å². The highest BCUT2D eigenvalue weighted by Gasteiger charge is 2.26.